The van der Waals surface area contributed by atoms with Crippen molar-refractivity contribution in [1.82, 2.24) is 0 Å². The van der Waals surface area contributed by atoms with Crippen LogP contribution in [0.1, 0.15) is 17.2 Å². The summed E-state index contributed by atoms with van der Waals surface area (Å²) in [5.74, 6) is 1.09. The summed E-state index contributed by atoms with van der Waals surface area (Å²) >= 11 is 9.99. The number of ether oxygens (including phenoxy) is 2. The topological polar surface area (TPSA) is 38.7 Å². The SMILES string of the molecule is COc1cc(Cl)c(C(O)c2csc(I)c2)cc1OC. The fraction of sp³-hybridized carbons (Fsp3) is 0.231. The molecule has 0 fully saturated rings. The summed E-state index contributed by atoms with van der Waals surface area (Å²) < 4.78 is 11.5. The van der Waals surface area contributed by atoms with E-state index < -0.39 is 6.10 Å². The Balaban J connectivity index is 2.44. The van der Waals surface area contributed by atoms with Crippen molar-refractivity contribution in [3.63, 3.8) is 0 Å². The second kappa shape index (κ2) is 6.30. The number of halogens is 2. The largest absolute Gasteiger partial charge is 0.493 e. The van der Waals surface area contributed by atoms with Gasteiger partial charge in [-0.3, -0.25) is 0 Å². The smallest absolute Gasteiger partial charge is 0.162 e. The molecule has 2 rings (SSSR count). The maximum absolute atomic E-state index is 10.4. The molecule has 1 heterocycles. The van der Waals surface area contributed by atoms with E-state index in [1.807, 2.05) is 11.4 Å². The first-order chi connectivity index (χ1) is 9.06. The van der Waals surface area contributed by atoms with Crippen LogP contribution in [0.5, 0.6) is 11.5 Å². The van der Waals surface area contributed by atoms with E-state index in [2.05, 4.69) is 22.6 Å². The summed E-state index contributed by atoms with van der Waals surface area (Å²) in [5.41, 5.74) is 1.43. The van der Waals surface area contributed by atoms with E-state index >= 15 is 0 Å². The molecular weight excluding hydrogens is 399 g/mol. The third-order valence-corrected chi connectivity index (χ3v) is 4.84. The van der Waals surface area contributed by atoms with Gasteiger partial charge in [-0.05, 0) is 45.7 Å². The molecule has 19 heavy (non-hydrogen) atoms. The molecular formula is C13H12ClIO3S. The Bertz CT molecular complexity index is 585. The molecule has 0 aliphatic rings. The number of aliphatic hydroxyl groups excluding tert-OH is 1. The van der Waals surface area contributed by atoms with Crippen LogP contribution in [0.4, 0.5) is 0 Å². The molecule has 102 valence electrons. The first kappa shape index (κ1) is 14.9. The highest BCUT2D eigenvalue weighted by Crippen LogP contribution is 2.38. The van der Waals surface area contributed by atoms with E-state index in [1.54, 1.807) is 37.7 Å². The van der Waals surface area contributed by atoms with Crippen molar-refractivity contribution in [1.29, 1.82) is 0 Å². The van der Waals surface area contributed by atoms with E-state index in [0.717, 1.165) is 8.45 Å². The molecule has 3 nitrogen and oxygen atoms in total. The zero-order chi connectivity index (χ0) is 14.0. The van der Waals surface area contributed by atoms with Crippen molar-refractivity contribution in [3.8, 4) is 11.5 Å². The summed E-state index contributed by atoms with van der Waals surface area (Å²) in [6.45, 7) is 0. The van der Waals surface area contributed by atoms with Gasteiger partial charge in [0.15, 0.2) is 11.5 Å². The number of hydrogen-bond donors (Lipinski definition) is 1. The van der Waals surface area contributed by atoms with Gasteiger partial charge in [0, 0.05) is 11.6 Å². The van der Waals surface area contributed by atoms with Crippen LogP contribution in [-0.4, -0.2) is 19.3 Å². The van der Waals surface area contributed by atoms with Crippen molar-refractivity contribution in [2.45, 2.75) is 6.10 Å². The Morgan fingerprint density at radius 3 is 2.37 bits per heavy atom. The van der Waals surface area contributed by atoms with Crippen LogP contribution in [0.15, 0.2) is 23.6 Å². The van der Waals surface area contributed by atoms with Crippen molar-refractivity contribution < 1.29 is 14.6 Å². The second-order valence-electron chi connectivity index (χ2n) is 3.82. The molecule has 6 heteroatoms. The van der Waals surface area contributed by atoms with Gasteiger partial charge in [0.2, 0.25) is 0 Å². The Morgan fingerprint density at radius 1 is 1.21 bits per heavy atom. The zero-order valence-electron chi connectivity index (χ0n) is 10.3. The summed E-state index contributed by atoms with van der Waals surface area (Å²) in [7, 11) is 3.10. The van der Waals surface area contributed by atoms with Gasteiger partial charge in [0.05, 0.1) is 22.1 Å². The third kappa shape index (κ3) is 3.16. The van der Waals surface area contributed by atoms with Gasteiger partial charge in [0.25, 0.3) is 0 Å². The lowest BCUT2D eigenvalue weighted by Gasteiger charge is -2.15. The van der Waals surface area contributed by atoms with Gasteiger partial charge in [-0.1, -0.05) is 11.6 Å². The molecule has 0 bridgehead atoms. The number of benzene rings is 1. The van der Waals surface area contributed by atoms with Gasteiger partial charge >= 0.3 is 0 Å². The lowest BCUT2D eigenvalue weighted by Crippen LogP contribution is -2.01. The minimum Gasteiger partial charge on any atom is -0.493 e. The van der Waals surface area contributed by atoms with Crippen LogP contribution >= 0.6 is 45.5 Å². The van der Waals surface area contributed by atoms with E-state index in [-0.39, 0.29) is 0 Å². The predicted octanol–water partition coefficient (Wildman–Crippen LogP) is 4.11. The molecule has 0 spiro atoms. The maximum Gasteiger partial charge on any atom is 0.162 e. The maximum atomic E-state index is 10.4. The molecule has 0 amide bonds. The predicted molar refractivity (Wildman–Crippen MR) is 85.7 cm³/mol. The highest BCUT2D eigenvalue weighted by atomic mass is 127. The summed E-state index contributed by atoms with van der Waals surface area (Å²) in [6, 6.07) is 5.29. The standard InChI is InChI=1S/C13H12ClIO3S/c1-17-10-4-8(9(14)5-11(10)18-2)13(16)7-3-12(15)19-6-7/h3-6,13,16H,1-2H3. The molecule has 1 N–H and O–H groups in total. The van der Waals surface area contributed by atoms with E-state index in [1.165, 1.54) is 0 Å². The molecule has 0 aliphatic heterocycles. The third-order valence-electron chi connectivity index (χ3n) is 2.70. The van der Waals surface area contributed by atoms with Gasteiger partial charge < -0.3 is 14.6 Å². The summed E-state index contributed by atoms with van der Waals surface area (Å²) in [4.78, 5) is 0. The lowest BCUT2D eigenvalue weighted by atomic mass is 10.0. The fourth-order valence-electron chi connectivity index (χ4n) is 1.73. The Labute approximate surface area is 134 Å². The minimum absolute atomic E-state index is 0.450. The quantitative estimate of drug-likeness (QED) is 0.771. The van der Waals surface area contributed by atoms with Gasteiger partial charge in [-0.15, -0.1) is 11.3 Å². The van der Waals surface area contributed by atoms with Crippen molar-refractivity contribution in [2.24, 2.45) is 0 Å². The van der Waals surface area contributed by atoms with Crippen LogP contribution in [0.3, 0.4) is 0 Å². The van der Waals surface area contributed by atoms with Crippen LogP contribution in [0, 0.1) is 2.88 Å². The van der Waals surface area contributed by atoms with Crippen LogP contribution in [-0.2, 0) is 0 Å². The first-order valence-electron chi connectivity index (χ1n) is 5.40. The lowest BCUT2D eigenvalue weighted by molar-refractivity contribution is 0.220. The normalized spacial score (nSPS) is 12.3. The van der Waals surface area contributed by atoms with Crippen LogP contribution in [0.25, 0.3) is 0 Å². The van der Waals surface area contributed by atoms with Crippen molar-refractivity contribution >= 4 is 45.5 Å². The van der Waals surface area contributed by atoms with E-state index in [9.17, 15) is 5.11 Å². The van der Waals surface area contributed by atoms with Crippen molar-refractivity contribution in [2.75, 3.05) is 14.2 Å². The van der Waals surface area contributed by atoms with Crippen molar-refractivity contribution in [3.05, 3.63) is 42.6 Å². The number of methoxy groups -OCH3 is 2. The van der Waals surface area contributed by atoms with Gasteiger partial charge in [-0.25, -0.2) is 0 Å². The van der Waals surface area contributed by atoms with Gasteiger partial charge in [0.1, 0.15) is 6.10 Å². The summed E-state index contributed by atoms with van der Waals surface area (Å²) in [6.07, 6.45) is -0.771. The monoisotopic (exact) mass is 410 g/mol. The van der Waals surface area contributed by atoms with E-state index in [4.69, 9.17) is 21.1 Å². The molecule has 1 atom stereocenters. The first-order valence-corrected chi connectivity index (χ1v) is 7.74. The Kier molecular flexibility index (Phi) is 4.94. The average Bonchev–Trinajstić information content (AvgIpc) is 2.84. The zero-order valence-corrected chi connectivity index (χ0v) is 14.0. The van der Waals surface area contributed by atoms with Gasteiger partial charge in [-0.2, -0.15) is 0 Å². The molecule has 0 aliphatic carbocycles. The number of rotatable bonds is 4. The Morgan fingerprint density at radius 2 is 1.84 bits per heavy atom. The molecule has 1 aromatic carbocycles. The van der Waals surface area contributed by atoms with Crippen LogP contribution in [0.2, 0.25) is 5.02 Å². The molecule has 0 radical (unpaired) electrons. The molecule has 1 unspecified atom stereocenters. The summed E-state index contributed by atoms with van der Waals surface area (Å²) in [5, 5.41) is 12.8. The second-order valence-corrected chi connectivity index (χ2v) is 7.03. The molecule has 1 aromatic heterocycles. The molecule has 0 saturated carbocycles. The van der Waals surface area contributed by atoms with Crippen LogP contribution < -0.4 is 9.47 Å². The average molecular weight is 411 g/mol. The molecule has 2 aromatic rings. The minimum atomic E-state index is -0.771. The number of hydrogen-bond acceptors (Lipinski definition) is 4. The highest BCUT2D eigenvalue weighted by molar-refractivity contribution is 14.1. The Hall–Kier alpha value is -0.500. The highest BCUT2D eigenvalue weighted by Gasteiger charge is 2.18. The number of aliphatic hydroxyl groups is 1. The fourth-order valence-corrected chi connectivity index (χ4v) is 3.37. The number of thiophene rings is 1. The van der Waals surface area contributed by atoms with E-state index in [0.29, 0.717) is 22.1 Å². The molecule has 0 saturated heterocycles.